The van der Waals surface area contributed by atoms with Gasteiger partial charge in [-0.3, -0.25) is 18.7 Å². The van der Waals surface area contributed by atoms with Crippen LogP contribution in [0.15, 0.2) is 75.9 Å². The first kappa shape index (κ1) is 15.1. The number of fused-ring (bicyclic) bond motifs is 1. The van der Waals surface area contributed by atoms with E-state index in [0.717, 1.165) is 0 Å². The SMILES string of the molecule is Cc1cc2ooc2c(C(=O)c2ccccc2)c1C(=O)c1ccccc1. The zero-order chi connectivity index (χ0) is 17.4. The summed E-state index contributed by atoms with van der Waals surface area (Å²) in [4.78, 5) is 26.1. The molecule has 0 saturated carbocycles. The lowest BCUT2D eigenvalue weighted by molar-refractivity contribution is 0.0574. The molecule has 0 aliphatic rings. The van der Waals surface area contributed by atoms with E-state index in [0.29, 0.717) is 33.4 Å². The third-order valence-corrected chi connectivity index (χ3v) is 4.18. The van der Waals surface area contributed by atoms with Crippen LogP contribution in [0.25, 0.3) is 11.2 Å². The Balaban J connectivity index is 1.94. The maximum atomic E-state index is 13.1. The molecule has 0 radical (unpaired) electrons. The Kier molecular flexibility index (Phi) is 3.58. The van der Waals surface area contributed by atoms with Crippen molar-refractivity contribution in [2.45, 2.75) is 6.92 Å². The van der Waals surface area contributed by atoms with Crippen molar-refractivity contribution in [3.05, 3.63) is 94.5 Å². The van der Waals surface area contributed by atoms with Crippen LogP contribution in [-0.2, 0) is 0 Å². The second kappa shape index (κ2) is 5.91. The molecule has 0 amide bonds. The van der Waals surface area contributed by atoms with Crippen molar-refractivity contribution in [1.82, 2.24) is 0 Å². The molecule has 4 rings (SSSR count). The summed E-state index contributed by atoms with van der Waals surface area (Å²) in [6, 6.07) is 19.4. The van der Waals surface area contributed by atoms with Gasteiger partial charge >= 0.3 is 0 Å². The molecule has 4 nitrogen and oxygen atoms in total. The molecule has 0 atom stereocenters. The van der Waals surface area contributed by atoms with Gasteiger partial charge in [0, 0.05) is 16.7 Å². The summed E-state index contributed by atoms with van der Waals surface area (Å²) < 4.78 is 10.0. The molecule has 3 aromatic carbocycles. The predicted molar refractivity (Wildman–Crippen MR) is 93.0 cm³/mol. The zero-order valence-corrected chi connectivity index (χ0v) is 13.5. The van der Waals surface area contributed by atoms with Crippen molar-refractivity contribution in [3.63, 3.8) is 0 Å². The molecule has 4 heteroatoms. The molecule has 0 bridgehead atoms. The Morgan fingerprint density at radius 1 is 0.720 bits per heavy atom. The van der Waals surface area contributed by atoms with E-state index in [9.17, 15) is 9.59 Å². The average Bonchev–Trinajstić information content (AvgIpc) is 2.64. The Morgan fingerprint density at radius 3 is 1.72 bits per heavy atom. The summed E-state index contributed by atoms with van der Waals surface area (Å²) in [5.74, 6) is -0.473. The molecule has 1 aromatic heterocycles. The van der Waals surface area contributed by atoms with Gasteiger partial charge in [-0.2, -0.15) is 0 Å². The van der Waals surface area contributed by atoms with Gasteiger partial charge in [-0.15, -0.1) is 0 Å². The van der Waals surface area contributed by atoms with Crippen LogP contribution in [0.2, 0.25) is 0 Å². The smallest absolute Gasteiger partial charge is 0.237 e. The molecule has 0 fully saturated rings. The lowest BCUT2D eigenvalue weighted by atomic mass is 9.89. The second-order valence-electron chi connectivity index (χ2n) is 5.83. The molecule has 4 aromatic rings. The van der Waals surface area contributed by atoms with Crippen molar-refractivity contribution in [3.8, 4) is 0 Å². The summed E-state index contributed by atoms with van der Waals surface area (Å²) >= 11 is 0. The van der Waals surface area contributed by atoms with Crippen molar-refractivity contribution in [2.75, 3.05) is 0 Å². The molecule has 122 valence electrons. The number of carbonyl (C=O) groups is 2. The van der Waals surface area contributed by atoms with Gasteiger partial charge in [0.15, 0.2) is 11.6 Å². The van der Waals surface area contributed by atoms with Crippen LogP contribution in [0.5, 0.6) is 0 Å². The van der Waals surface area contributed by atoms with E-state index in [4.69, 9.17) is 9.15 Å². The van der Waals surface area contributed by atoms with Gasteiger partial charge in [-0.05, 0) is 18.6 Å². The van der Waals surface area contributed by atoms with Crippen LogP contribution in [0.1, 0.15) is 37.4 Å². The van der Waals surface area contributed by atoms with Crippen LogP contribution in [0, 0.1) is 6.92 Å². The lowest BCUT2D eigenvalue weighted by Gasteiger charge is -2.14. The van der Waals surface area contributed by atoms with Crippen LogP contribution >= 0.6 is 0 Å². The van der Waals surface area contributed by atoms with Crippen LogP contribution in [0.4, 0.5) is 0 Å². The summed E-state index contributed by atoms with van der Waals surface area (Å²) in [6.07, 6.45) is 0. The molecule has 0 aliphatic heterocycles. The summed E-state index contributed by atoms with van der Waals surface area (Å²) in [5, 5.41) is 0. The summed E-state index contributed by atoms with van der Waals surface area (Å²) in [5.41, 5.74) is 3.08. The first-order chi connectivity index (χ1) is 12.2. The van der Waals surface area contributed by atoms with E-state index in [1.54, 1.807) is 61.5 Å². The predicted octanol–water partition coefficient (Wildman–Crippen LogP) is 4.80. The van der Waals surface area contributed by atoms with Gasteiger partial charge in [-0.1, -0.05) is 60.7 Å². The fourth-order valence-corrected chi connectivity index (χ4v) is 2.94. The monoisotopic (exact) mass is 330 g/mol. The number of ketones is 2. The van der Waals surface area contributed by atoms with E-state index < -0.39 is 0 Å². The highest BCUT2D eigenvalue weighted by atomic mass is 17.0. The lowest BCUT2D eigenvalue weighted by Crippen LogP contribution is -2.14. The van der Waals surface area contributed by atoms with Crippen LogP contribution in [-0.4, -0.2) is 11.6 Å². The highest BCUT2D eigenvalue weighted by Crippen LogP contribution is 2.32. The van der Waals surface area contributed by atoms with Gasteiger partial charge in [0.25, 0.3) is 0 Å². The molecular weight excluding hydrogens is 316 g/mol. The normalized spacial score (nSPS) is 10.9. The largest absolute Gasteiger partial charge is 0.289 e. The molecule has 0 aliphatic carbocycles. The maximum Gasteiger partial charge on any atom is 0.237 e. The number of rotatable bonds is 4. The molecular formula is C21H14O4. The fraction of sp³-hybridized carbons (Fsp3) is 0.0476. The highest BCUT2D eigenvalue weighted by molar-refractivity contribution is 6.24. The van der Waals surface area contributed by atoms with Gasteiger partial charge in [-0.25, -0.2) is 0 Å². The van der Waals surface area contributed by atoms with Gasteiger partial charge in [0.1, 0.15) is 0 Å². The Morgan fingerprint density at radius 2 is 1.24 bits per heavy atom. The number of carbonyl (C=O) groups excluding carboxylic acids is 2. The Labute approximate surface area is 143 Å². The van der Waals surface area contributed by atoms with Crippen LogP contribution < -0.4 is 0 Å². The van der Waals surface area contributed by atoms with Gasteiger partial charge < -0.3 is 0 Å². The number of aryl methyl sites for hydroxylation is 1. The van der Waals surface area contributed by atoms with Crippen molar-refractivity contribution in [1.29, 1.82) is 0 Å². The maximum absolute atomic E-state index is 13.1. The van der Waals surface area contributed by atoms with Crippen LogP contribution in [0.3, 0.4) is 0 Å². The minimum absolute atomic E-state index is 0.212. The van der Waals surface area contributed by atoms with E-state index in [1.165, 1.54) is 0 Å². The minimum Gasteiger partial charge on any atom is -0.289 e. The number of benzene rings is 3. The molecule has 0 unspecified atom stereocenters. The van der Waals surface area contributed by atoms with Crippen molar-refractivity contribution >= 4 is 22.7 Å². The van der Waals surface area contributed by atoms with E-state index in [2.05, 4.69) is 0 Å². The van der Waals surface area contributed by atoms with Gasteiger partial charge in [0.2, 0.25) is 11.2 Å². The number of hydrogen-bond donors (Lipinski definition) is 0. The summed E-state index contributed by atoms with van der Waals surface area (Å²) in [7, 11) is 0. The number of hydrogen-bond acceptors (Lipinski definition) is 4. The van der Waals surface area contributed by atoms with Gasteiger partial charge in [0.05, 0.1) is 5.56 Å². The van der Waals surface area contributed by atoms with Crippen molar-refractivity contribution in [2.24, 2.45) is 0 Å². The summed E-state index contributed by atoms with van der Waals surface area (Å²) in [6.45, 7) is 1.79. The topological polar surface area (TPSA) is 60.4 Å². The van der Waals surface area contributed by atoms with E-state index in [-0.39, 0.29) is 17.1 Å². The Bertz CT molecular complexity index is 1070. The average molecular weight is 330 g/mol. The van der Waals surface area contributed by atoms with E-state index in [1.807, 2.05) is 12.1 Å². The fourth-order valence-electron chi connectivity index (χ4n) is 2.94. The second-order valence-corrected chi connectivity index (χ2v) is 5.83. The minimum atomic E-state index is -0.261. The van der Waals surface area contributed by atoms with Crippen molar-refractivity contribution < 1.29 is 18.7 Å². The highest BCUT2D eigenvalue weighted by Gasteiger charge is 2.28. The van der Waals surface area contributed by atoms with E-state index >= 15 is 0 Å². The standard InChI is InChI=1S/C21H14O4/c1-13-12-16-21(25-24-16)18(20(23)15-10-6-3-7-11-15)17(13)19(22)14-8-4-2-5-9-14/h2-12H,1H3. The third kappa shape index (κ3) is 2.48. The zero-order valence-electron chi connectivity index (χ0n) is 13.5. The molecule has 0 saturated heterocycles. The molecule has 0 spiro atoms. The quantitative estimate of drug-likeness (QED) is 0.398. The molecule has 0 N–H and O–H groups in total. The third-order valence-electron chi connectivity index (χ3n) is 4.18. The Hall–Kier alpha value is -3.40. The first-order valence-electron chi connectivity index (χ1n) is 7.88. The first-order valence-corrected chi connectivity index (χ1v) is 7.88. The molecule has 25 heavy (non-hydrogen) atoms. The molecule has 1 heterocycles.